The third kappa shape index (κ3) is 2.85. The van der Waals surface area contributed by atoms with Gasteiger partial charge in [-0.05, 0) is 42.8 Å². The molecule has 0 amide bonds. The van der Waals surface area contributed by atoms with Crippen LogP contribution >= 0.6 is 0 Å². The number of benzene rings is 2. The molecule has 0 saturated heterocycles. The SMILES string of the molecule is CCOC(=O)C(O)c1c(C)cc2ccc(CC)cc2c1O. The van der Waals surface area contributed by atoms with Crippen LogP contribution in [0.4, 0.5) is 0 Å². The minimum atomic E-state index is -1.47. The molecule has 0 saturated carbocycles. The number of hydrogen-bond acceptors (Lipinski definition) is 4. The molecule has 0 aliphatic heterocycles. The Kier molecular flexibility index (Phi) is 4.48. The van der Waals surface area contributed by atoms with E-state index in [1.54, 1.807) is 13.8 Å². The first-order valence-corrected chi connectivity index (χ1v) is 7.09. The molecule has 0 fully saturated rings. The van der Waals surface area contributed by atoms with Crippen LogP contribution in [0.3, 0.4) is 0 Å². The van der Waals surface area contributed by atoms with Crippen molar-refractivity contribution in [1.82, 2.24) is 0 Å². The molecule has 21 heavy (non-hydrogen) atoms. The van der Waals surface area contributed by atoms with Gasteiger partial charge in [0, 0.05) is 10.9 Å². The van der Waals surface area contributed by atoms with E-state index < -0.39 is 12.1 Å². The summed E-state index contributed by atoms with van der Waals surface area (Å²) in [5, 5.41) is 22.1. The zero-order valence-electron chi connectivity index (χ0n) is 12.5. The molecule has 1 atom stereocenters. The topological polar surface area (TPSA) is 66.8 Å². The summed E-state index contributed by atoms with van der Waals surface area (Å²) in [7, 11) is 0. The molecule has 1 unspecified atom stereocenters. The number of fused-ring (bicyclic) bond motifs is 1. The van der Waals surface area contributed by atoms with Gasteiger partial charge in [-0.2, -0.15) is 0 Å². The van der Waals surface area contributed by atoms with Crippen LogP contribution < -0.4 is 0 Å². The molecule has 0 aliphatic carbocycles. The lowest BCUT2D eigenvalue weighted by molar-refractivity contribution is -0.153. The number of carbonyl (C=O) groups excluding carboxylic acids is 1. The third-order valence-corrected chi connectivity index (χ3v) is 3.62. The third-order valence-electron chi connectivity index (χ3n) is 3.62. The Morgan fingerprint density at radius 3 is 2.62 bits per heavy atom. The van der Waals surface area contributed by atoms with Crippen molar-refractivity contribution in [3.05, 3.63) is 41.0 Å². The van der Waals surface area contributed by atoms with E-state index >= 15 is 0 Å². The van der Waals surface area contributed by atoms with Crippen molar-refractivity contribution in [1.29, 1.82) is 0 Å². The maximum atomic E-state index is 11.7. The van der Waals surface area contributed by atoms with E-state index in [2.05, 4.69) is 0 Å². The van der Waals surface area contributed by atoms with Gasteiger partial charge in [0.05, 0.1) is 6.61 Å². The van der Waals surface area contributed by atoms with Crippen LogP contribution in [0.1, 0.15) is 36.6 Å². The number of phenolic OH excluding ortho intramolecular Hbond substituents is 1. The molecule has 4 heteroatoms. The Morgan fingerprint density at radius 1 is 1.29 bits per heavy atom. The Hall–Kier alpha value is -2.07. The molecular weight excluding hydrogens is 268 g/mol. The van der Waals surface area contributed by atoms with Crippen LogP contribution in [-0.2, 0) is 16.0 Å². The number of rotatable bonds is 4. The standard InChI is InChI=1S/C17H20O4/c1-4-11-6-7-12-8-10(3)14(15(18)13(12)9-11)16(19)17(20)21-5-2/h6-9,16,18-19H,4-5H2,1-3H3. The maximum Gasteiger partial charge on any atom is 0.339 e. The van der Waals surface area contributed by atoms with Crippen LogP contribution in [0.5, 0.6) is 5.75 Å². The minimum Gasteiger partial charge on any atom is -0.507 e. The number of carbonyl (C=O) groups is 1. The van der Waals surface area contributed by atoms with Crippen molar-refractivity contribution in [3.63, 3.8) is 0 Å². The van der Waals surface area contributed by atoms with Gasteiger partial charge in [-0.15, -0.1) is 0 Å². The predicted octanol–water partition coefficient (Wildman–Crippen LogP) is 3.01. The normalized spacial score (nSPS) is 12.4. The van der Waals surface area contributed by atoms with Crippen LogP contribution in [-0.4, -0.2) is 22.8 Å². The molecule has 0 heterocycles. The number of esters is 1. The monoisotopic (exact) mass is 288 g/mol. The molecule has 4 nitrogen and oxygen atoms in total. The van der Waals surface area contributed by atoms with Gasteiger partial charge < -0.3 is 14.9 Å². The Labute approximate surface area is 124 Å². The molecule has 2 aromatic rings. The molecule has 0 aliphatic rings. The average Bonchev–Trinajstić information content (AvgIpc) is 2.47. The first-order valence-electron chi connectivity index (χ1n) is 7.09. The summed E-state index contributed by atoms with van der Waals surface area (Å²) < 4.78 is 4.82. The van der Waals surface area contributed by atoms with Gasteiger partial charge in [0.1, 0.15) is 5.75 Å². The second-order valence-electron chi connectivity index (χ2n) is 5.02. The summed E-state index contributed by atoms with van der Waals surface area (Å²) in [6, 6.07) is 7.67. The van der Waals surface area contributed by atoms with Crippen molar-refractivity contribution in [2.45, 2.75) is 33.3 Å². The Bertz CT molecular complexity index is 676. The number of aromatic hydroxyl groups is 1. The van der Waals surface area contributed by atoms with Gasteiger partial charge in [0.25, 0.3) is 0 Å². The molecule has 112 valence electrons. The molecule has 2 aromatic carbocycles. The molecule has 2 rings (SSSR count). The zero-order valence-corrected chi connectivity index (χ0v) is 12.5. The second-order valence-corrected chi connectivity index (χ2v) is 5.02. The van der Waals surface area contributed by atoms with Crippen LogP contribution in [0.15, 0.2) is 24.3 Å². The van der Waals surface area contributed by atoms with Gasteiger partial charge in [-0.1, -0.05) is 25.1 Å². The molecule has 0 bridgehead atoms. The zero-order chi connectivity index (χ0) is 15.6. The molecule has 0 spiro atoms. The fraction of sp³-hybridized carbons (Fsp3) is 0.353. The summed E-state index contributed by atoms with van der Waals surface area (Å²) in [5.41, 5.74) is 1.96. The number of phenols is 1. The van der Waals surface area contributed by atoms with E-state index in [1.165, 1.54) is 0 Å². The van der Waals surface area contributed by atoms with E-state index in [1.807, 2.05) is 31.2 Å². The highest BCUT2D eigenvalue weighted by molar-refractivity contribution is 5.93. The minimum absolute atomic E-state index is 0.0548. The van der Waals surface area contributed by atoms with E-state index in [0.717, 1.165) is 17.4 Å². The van der Waals surface area contributed by atoms with E-state index in [0.29, 0.717) is 10.9 Å². The summed E-state index contributed by atoms with van der Waals surface area (Å²) in [6.45, 7) is 5.64. The summed E-state index contributed by atoms with van der Waals surface area (Å²) in [6.07, 6.45) is -0.626. The lowest BCUT2D eigenvalue weighted by atomic mass is 9.95. The second kappa shape index (κ2) is 6.14. The number of hydrogen-bond donors (Lipinski definition) is 2. The highest BCUT2D eigenvalue weighted by Crippen LogP contribution is 2.36. The summed E-state index contributed by atoms with van der Waals surface area (Å²) in [5.74, 6) is -0.803. The lowest BCUT2D eigenvalue weighted by Crippen LogP contribution is -2.16. The summed E-state index contributed by atoms with van der Waals surface area (Å²) in [4.78, 5) is 11.7. The van der Waals surface area contributed by atoms with Crippen molar-refractivity contribution in [2.24, 2.45) is 0 Å². The predicted molar refractivity (Wildman–Crippen MR) is 81.3 cm³/mol. The van der Waals surface area contributed by atoms with E-state index in [4.69, 9.17) is 4.74 Å². The quantitative estimate of drug-likeness (QED) is 0.849. The van der Waals surface area contributed by atoms with Gasteiger partial charge >= 0.3 is 5.97 Å². The average molecular weight is 288 g/mol. The Balaban J connectivity index is 2.60. The number of ether oxygens (including phenoxy) is 1. The fourth-order valence-electron chi connectivity index (χ4n) is 2.48. The molecular formula is C17H20O4. The lowest BCUT2D eigenvalue weighted by Gasteiger charge is -2.16. The van der Waals surface area contributed by atoms with Crippen LogP contribution in [0.25, 0.3) is 10.8 Å². The molecule has 0 aromatic heterocycles. The summed E-state index contributed by atoms with van der Waals surface area (Å²) >= 11 is 0. The smallest absolute Gasteiger partial charge is 0.339 e. The largest absolute Gasteiger partial charge is 0.507 e. The fourth-order valence-corrected chi connectivity index (χ4v) is 2.48. The Morgan fingerprint density at radius 2 is 2.00 bits per heavy atom. The van der Waals surface area contributed by atoms with Gasteiger partial charge in [0.2, 0.25) is 0 Å². The van der Waals surface area contributed by atoms with Crippen molar-refractivity contribution in [3.8, 4) is 5.75 Å². The number of aliphatic hydroxyl groups is 1. The van der Waals surface area contributed by atoms with Gasteiger partial charge in [-0.25, -0.2) is 4.79 Å². The molecule has 0 radical (unpaired) electrons. The highest BCUT2D eigenvalue weighted by Gasteiger charge is 2.25. The van der Waals surface area contributed by atoms with Crippen LogP contribution in [0.2, 0.25) is 0 Å². The van der Waals surface area contributed by atoms with E-state index in [9.17, 15) is 15.0 Å². The van der Waals surface area contributed by atoms with Crippen molar-refractivity contribution >= 4 is 16.7 Å². The highest BCUT2D eigenvalue weighted by atomic mass is 16.5. The number of aliphatic hydroxyl groups excluding tert-OH is 1. The van der Waals surface area contributed by atoms with E-state index in [-0.39, 0.29) is 17.9 Å². The van der Waals surface area contributed by atoms with Gasteiger partial charge in [-0.3, -0.25) is 0 Å². The number of aryl methyl sites for hydroxylation is 2. The molecule has 2 N–H and O–H groups in total. The first-order chi connectivity index (χ1) is 9.99. The van der Waals surface area contributed by atoms with Crippen molar-refractivity contribution < 1.29 is 19.7 Å². The first kappa shape index (κ1) is 15.3. The maximum absolute atomic E-state index is 11.7. The van der Waals surface area contributed by atoms with Crippen LogP contribution in [0, 0.1) is 6.92 Å². The van der Waals surface area contributed by atoms with Crippen molar-refractivity contribution in [2.75, 3.05) is 6.61 Å². The van der Waals surface area contributed by atoms with Gasteiger partial charge in [0.15, 0.2) is 6.10 Å².